The van der Waals surface area contributed by atoms with Crippen molar-refractivity contribution in [3.63, 3.8) is 0 Å². The third-order valence-electron chi connectivity index (χ3n) is 3.94. The molecule has 0 amide bonds. The largest absolute Gasteiger partial charge is 0.372 e. The molecule has 2 aromatic rings. The van der Waals surface area contributed by atoms with E-state index >= 15 is 0 Å². The monoisotopic (exact) mass is 308 g/mol. The summed E-state index contributed by atoms with van der Waals surface area (Å²) in [5.41, 5.74) is 4.30. The highest BCUT2D eigenvalue weighted by Gasteiger charge is 2.06. The van der Waals surface area contributed by atoms with E-state index in [1.165, 1.54) is 17.8 Å². The Bertz CT molecular complexity index is 752. The van der Waals surface area contributed by atoms with Crippen molar-refractivity contribution in [3.05, 3.63) is 65.0 Å². The second kappa shape index (κ2) is 7.60. The van der Waals surface area contributed by atoms with Crippen molar-refractivity contribution in [1.29, 1.82) is 5.26 Å². The Balaban J connectivity index is 2.39. The number of allylic oxidation sites excluding steroid dienone is 1. The lowest BCUT2D eigenvalue weighted by Crippen LogP contribution is -2.21. The highest BCUT2D eigenvalue weighted by molar-refractivity contribution is 5.90. The molecule has 0 aromatic heterocycles. The molecule has 0 N–H and O–H groups in total. The number of aryl methyl sites for hydroxylation is 1. The Morgan fingerprint density at radius 3 is 2.48 bits per heavy atom. The van der Waals surface area contributed by atoms with Crippen LogP contribution >= 0.6 is 0 Å². The van der Waals surface area contributed by atoms with Crippen LogP contribution in [0.4, 0.5) is 10.1 Å². The minimum atomic E-state index is -0.336. The van der Waals surface area contributed by atoms with Crippen LogP contribution in [-0.4, -0.2) is 13.1 Å². The summed E-state index contributed by atoms with van der Waals surface area (Å²) in [5, 5.41) is 9.39. The summed E-state index contributed by atoms with van der Waals surface area (Å²) in [7, 11) is 0. The maximum atomic E-state index is 13.4. The molecule has 2 aromatic carbocycles. The van der Waals surface area contributed by atoms with E-state index in [0.29, 0.717) is 11.1 Å². The van der Waals surface area contributed by atoms with Crippen molar-refractivity contribution >= 4 is 17.3 Å². The van der Waals surface area contributed by atoms with E-state index in [0.717, 1.165) is 24.2 Å². The molecule has 0 aliphatic heterocycles. The Labute approximate surface area is 137 Å². The number of rotatable bonds is 5. The Morgan fingerprint density at radius 2 is 1.91 bits per heavy atom. The molecule has 0 atom stereocenters. The second-order valence-electron chi connectivity index (χ2n) is 5.39. The van der Waals surface area contributed by atoms with Gasteiger partial charge in [0.15, 0.2) is 0 Å². The van der Waals surface area contributed by atoms with Crippen LogP contribution in [0.2, 0.25) is 0 Å². The summed E-state index contributed by atoms with van der Waals surface area (Å²) in [5.74, 6) is -0.336. The predicted octanol–water partition coefficient (Wildman–Crippen LogP) is 5.04. The minimum Gasteiger partial charge on any atom is -0.372 e. The van der Waals surface area contributed by atoms with E-state index < -0.39 is 0 Å². The van der Waals surface area contributed by atoms with E-state index in [1.54, 1.807) is 12.1 Å². The SMILES string of the molecule is CCN(CC)c1ccc(/C=C(\C#N)c2cccc(F)c2)c(C)c1. The van der Waals surface area contributed by atoms with Crippen LogP contribution in [0.15, 0.2) is 42.5 Å². The first-order chi connectivity index (χ1) is 11.1. The smallest absolute Gasteiger partial charge is 0.123 e. The molecule has 0 bridgehead atoms. The van der Waals surface area contributed by atoms with Crippen LogP contribution in [0.1, 0.15) is 30.5 Å². The third kappa shape index (κ3) is 3.98. The second-order valence-corrected chi connectivity index (χ2v) is 5.39. The number of hydrogen-bond acceptors (Lipinski definition) is 2. The summed E-state index contributed by atoms with van der Waals surface area (Å²) in [6.45, 7) is 8.20. The molecule has 0 saturated heterocycles. The summed E-state index contributed by atoms with van der Waals surface area (Å²) in [4.78, 5) is 2.28. The van der Waals surface area contributed by atoms with Crippen molar-refractivity contribution in [1.82, 2.24) is 0 Å². The summed E-state index contributed by atoms with van der Waals surface area (Å²) in [6.07, 6.45) is 1.82. The number of nitriles is 1. The standard InChI is InChI=1S/C20H21FN2/c1-4-23(5-2)20-10-9-16(15(3)11-20)12-18(14-22)17-7-6-8-19(21)13-17/h6-13H,4-5H2,1-3H3/b18-12+. The fraction of sp³-hybridized carbons (Fsp3) is 0.250. The number of nitrogens with zero attached hydrogens (tertiary/aromatic N) is 2. The topological polar surface area (TPSA) is 27.0 Å². The lowest BCUT2D eigenvalue weighted by Gasteiger charge is -2.21. The van der Waals surface area contributed by atoms with Crippen molar-refractivity contribution in [2.45, 2.75) is 20.8 Å². The highest BCUT2D eigenvalue weighted by atomic mass is 19.1. The zero-order valence-corrected chi connectivity index (χ0v) is 13.8. The van der Waals surface area contributed by atoms with Crippen molar-refractivity contribution < 1.29 is 4.39 Å². The highest BCUT2D eigenvalue weighted by Crippen LogP contribution is 2.24. The number of benzene rings is 2. The third-order valence-corrected chi connectivity index (χ3v) is 3.94. The van der Waals surface area contributed by atoms with Gasteiger partial charge in [-0.3, -0.25) is 0 Å². The summed E-state index contributed by atoms with van der Waals surface area (Å²) < 4.78 is 13.4. The molecule has 0 heterocycles. The Kier molecular flexibility index (Phi) is 5.54. The van der Waals surface area contributed by atoms with Gasteiger partial charge >= 0.3 is 0 Å². The average molecular weight is 308 g/mol. The molecule has 2 nitrogen and oxygen atoms in total. The number of halogens is 1. The molecule has 0 fully saturated rings. The number of hydrogen-bond donors (Lipinski definition) is 0. The maximum Gasteiger partial charge on any atom is 0.123 e. The van der Waals surface area contributed by atoms with Crippen molar-refractivity contribution in [2.24, 2.45) is 0 Å². The molecule has 0 aliphatic rings. The molecule has 23 heavy (non-hydrogen) atoms. The van der Waals surface area contributed by atoms with Gasteiger partial charge in [0.25, 0.3) is 0 Å². The van der Waals surface area contributed by atoms with E-state index in [4.69, 9.17) is 0 Å². The van der Waals surface area contributed by atoms with E-state index in [-0.39, 0.29) is 5.82 Å². The van der Waals surface area contributed by atoms with Gasteiger partial charge in [0.1, 0.15) is 5.82 Å². The quantitative estimate of drug-likeness (QED) is 0.571. The van der Waals surface area contributed by atoms with Gasteiger partial charge in [-0.1, -0.05) is 18.2 Å². The molecule has 0 spiro atoms. The van der Waals surface area contributed by atoms with Crippen molar-refractivity contribution in [3.8, 4) is 6.07 Å². The van der Waals surface area contributed by atoms with Gasteiger partial charge in [-0.2, -0.15) is 5.26 Å². The molecule has 0 saturated carbocycles. The van der Waals surface area contributed by atoms with Crippen LogP contribution in [-0.2, 0) is 0 Å². The zero-order chi connectivity index (χ0) is 16.8. The molecular weight excluding hydrogens is 287 g/mol. The normalized spacial score (nSPS) is 11.2. The predicted molar refractivity (Wildman–Crippen MR) is 94.6 cm³/mol. The first kappa shape index (κ1) is 16.8. The molecule has 2 rings (SSSR count). The maximum absolute atomic E-state index is 13.4. The average Bonchev–Trinajstić information content (AvgIpc) is 2.55. The van der Waals surface area contributed by atoms with Gasteiger partial charge in [-0.25, -0.2) is 4.39 Å². The number of anilines is 1. The summed E-state index contributed by atoms with van der Waals surface area (Å²) in [6, 6.07) is 14.5. The van der Waals surface area contributed by atoms with Crippen LogP contribution in [0.5, 0.6) is 0 Å². The summed E-state index contributed by atoms with van der Waals surface area (Å²) >= 11 is 0. The van der Waals surface area contributed by atoms with Crippen LogP contribution < -0.4 is 4.90 Å². The van der Waals surface area contributed by atoms with Gasteiger partial charge < -0.3 is 4.90 Å². The molecular formula is C20H21FN2. The molecule has 0 unspecified atom stereocenters. The first-order valence-electron chi connectivity index (χ1n) is 7.82. The van der Waals surface area contributed by atoms with E-state index in [1.807, 2.05) is 19.1 Å². The Morgan fingerprint density at radius 1 is 1.17 bits per heavy atom. The van der Waals surface area contributed by atoms with Gasteiger partial charge in [-0.15, -0.1) is 0 Å². The molecule has 0 aliphatic carbocycles. The molecule has 118 valence electrons. The fourth-order valence-corrected chi connectivity index (χ4v) is 2.60. The minimum absolute atomic E-state index is 0.336. The lowest BCUT2D eigenvalue weighted by atomic mass is 10.0. The van der Waals surface area contributed by atoms with Gasteiger partial charge in [0.05, 0.1) is 11.6 Å². The molecule has 3 heteroatoms. The molecule has 0 radical (unpaired) electrons. The van der Waals surface area contributed by atoms with Gasteiger partial charge in [-0.05, 0) is 67.8 Å². The van der Waals surface area contributed by atoms with Crippen molar-refractivity contribution in [2.75, 3.05) is 18.0 Å². The Hall–Kier alpha value is -2.60. The van der Waals surface area contributed by atoms with Crippen LogP contribution in [0.25, 0.3) is 11.6 Å². The lowest BCUT2D eigenvalue weighted by molar-refractivity contribution is 0.627. The van der Waals surface area contributed by atoms with Crippen LogP contribution in [0, 0.1) is 24.1 Å². The van der Waals surface area contributed by atoms with Gasteiger partial charge in [0.2, 0.25) is 0 Å². The first-order valence-corrected chi connectivity index (χ1v) is 7.82. The van der Waals surface area contributed by atoms with Gasteiger partial charge in [0, 0.05) is 18.8 Å². The van der Waals surface area contributed by atoms with E-state index in [2.05, 4.69) is 36.9 Å². The fourth-order valence-electron chi connectivity index (χ4n) is 2.60. The van der Waals surface area contributed by atoms with E-state index in [9.17, 15) is 9.65 Å². The zero-order valence-electron chi connectivity index (χ0n) is 13.8. The van der Waals surface area contributed by atoms with Crippen LogP contribution in [0.3, 0.4) is 0 Å².